The number of hydrogen-bond donors (Lipinski definition) is 1. The number of nitrogens with zero attached hydrogens (tertiary/aromatic N) is 1. The Morgan fingerprint density at radius 1 is 1.12 bits per heavy atom. The van der Waals surface area contributed by atoms with Crippen LogP contribution < -0.4 is 5.32 Å². The second-order valence-corrected chi connectivity index (χ2v) is 5.36. The van der Waals surface area contributed by atoms with Gasteiger partial charge in [0.15, 0.2) is 5.76 Å². The number of carbonyl (C=O) groups excluding carboxylic acids is 1. The SMILES string of the molecule is Cc1ccc(-c2cc(CNC(=O)c3ccc(F)cc3F)no2)cc1. The minimum absolute atomic E-state index is 0.0744. The lowest BCUT2D eigenvalue weighted by Crippen LogP contribution is -2.24. The van der Waals surface area contributed by atoms with E-state index in [1.807, 2.05) is 31.2 Å². The number of carbonyl (C=O) groups is 1. The van der Waals surface area contributed by atoms with Gasteiger partial charge in [0.1, 0.15) is 17.3 Å². The van der Waals surface area contributed by atoms with Crippen LogP contribution in [-0.4, -0.2) is 11.1 Å². The largest absolute Gasteiger partial charge is 0.356 e. The predicted molar refractivity (Wildman–Crippen MR) is 84.2 cm³/mol. The van der Waals surface area contributed by atoms with Crippen molar-refractivity contribution in [3.05, 3.63) is 77.0 Å². The van der Waals surface area contributed by atoms with Crippen LogP contribution in [0, 0.1) is 18.6 Å². The Morgan fingerprint density at radius 2 is 1.88 bits per heavy atom. The Labute approximate surface area is 137 Å². The molecule has 0 aliphatic rings. The van der Waals surface area contributed by atoms with E-state index in [0.717, 1.165) is 23.3 Å². The zero-order valence-electron chi connectivity index (χ0n) is 12.8. The Morgan fingerprint density at radius 3 is 2.58 bits per heavy atom. The molecule has 24 heavy (non-hydrogen) atoms. The number of rotatable bonds is 4. The molecule has 0 aliphatic heterocycles. The minimum atomic E-state index is -0.909. The molecule has 0 aliphatic carbocycles. The van der Waals surface area contributed by atoms with E-state index in [-0.39, 0.29) is 12.1 Å². The molecule has 0 saturated carbocycles. The molecule has 0 fully saturated rings. The van der Waals surface area contributed by atoms with Crippen LogP contribution in [0.4, 0.5) is 8.78 Å². The van der Waals surface area contributed by atoms with Gasteiger partial charge in [0, 0.05) is 17.7 Å². The summed E-state index contributed by atoms with van der Waals surface area (Å²) in [6.45, 7) is 2.06. The fourth-order valence-corrected chi connectivity index (χ4v) is 2.19. The summed E-state index contributed by atoms with van der Waals surface area (Å²) >= 11 is 0. The summed E-state index contributed by atoms with van der Waals surface area (Å²) < 4.78 is 31.6. The van der Waals surface area contributed by atoms with E-state index in [1.165, 1.54) is 0 Å². The molecule has 0 bridgehead atoms. The maximum absolute atomic E-state index is 13.5. The van der Waals surface area contributed by atoms with Crippen molar-refractivity contribution < 1.29 is 18.1 Å². The van der Waals surface area contributed by atoms with Gasteiger partial charge >= 0.3 is 0 Å². The average molecular weight is 328 g/mol. The standard InChI is InChI=1S/C18H14F2N2O2/c1-11-2-4-12(5-3-11)17-9-14(22-24-17)10-21-18(23)15-7-6-13(19)8-16(15)20/h2-9H,10H2,1H3,(H,21,23). The van der Waals surface area contributed by atoms with Crippen LogP contribution in [0.15, 0.2) is 53.1 Å². The molecule has 1 amide bonds. The highest BCUT2D eigenvalue weighted by Gasteiger charge is 2.13. The molecule has 0 radical (unpaired) electrons. The van der Waals surface area contributed by atoms with Gasteiger partial charge in [0.05, 0.1) is 12.1 Å². The van der Waals surface area contributed by atoms with Crippen LogP contribution in [0.1, 0.15) is 21.6 Å². The van der Waals surface area contributed by atoms with E-state index in [2.05, 4.69) is 10.5 Å². The van der Waals surface area contributed by atoms with Gasteiger partial charge in [-0.05, 0) is 19.1 Å². The normalized spacial score (nSPS) is 10.6. The van der Waals surface area contributed by atoms with Crippen LogP contribution >= 0.6 is 0 Å². The lowest BCUT2D eigenvalue weighted by Gasteiger charge is -2.04. The summed E-state index contributed by atoms with van der Waals surface area (Å²) in [5.74, 6) is -1.71. The van der Waals surface area contributed by atoms with Crippen molar-refractivity contribution in [1.29, 1.82) is 0 Å². The van der Waals surface area contributed by atoms with E-state index < -0.39 is 17.5 Å². The van der Waals surface area contributed by atoms with Crippen LogP contribution in [0.25, 0.3) is 11.3 Å². The summed E-state index contributed by atoms with van der Waals surface area (Å²) in [6, 6.07) is 12.2. The lowest BCUT2D eigenvalue weighted by atomic mass is 10.1. The first-order chi connectivity index (χ1) is 11.5. The van der Waals surface area contributed by atoms with Crippen molar-refractivity contribution in [1.82, 2.24) is 10.5 Å². The van der Waals surface area contributed by atoms with Crippen molar-refractivity contribution in [3.8, 4) is 11.3 Å². The lowest BCUT2D eigenvalue weighted by molar-refractivity contribution is 0.0946. The van der Waals surface area contributed by atoms with Crippen LogP contribution in [-0.2, 0) is 6.54 Å². The quantitative estimate of drug-likeness (QED) is 0.791. The third-order valence-electron chi connectivity index (χ3n) is 3.50. The first-order valence-corrected chi connectivity index (χ1v) is 7.29. The van der Waals surface area contributed by atoms with Gasteiger partial charge in [0.2, 0.25) is 0 Å². The molecule has 1 aromatic heterocycles. The highest BCUT2D eigenvalue weighted by molar-refractivity contribution is 5.94. The van der Waals surface area contributed by atoms with Crippen molar-refractivity contribution in [2.75, 3.05) is 0 Å². The van der Waals surface area contributed by atoms with Gasteiger partial charge in [-0.15, -0.1) is 0 Å². The highest BCUT2D eigenvalue weighted by Crippen LogP contribution is 2.20. The Hall–Kier alpha value is -3.02. The van der Waals surface area contributed by atoms with Gasteiger partial charge in [-0.3, -0.25) is 4.79 Å². The fourth-order valence-electron chi connectivity index (χ4n) is 2.19. The van der Waals surface area contributed by atoms with Crippen LogP contribution in [0.3, 0.4) is 0 Å². The third-order valence-corrected chi connectivity index (χ3v) is 3.50. The molecule has 3 aromatic rings. The van der Waals surface area contributed by atoms with Crippen LogP contribution in [0.5, 0.6) is 0 Å². The number of halogens is 2. The Kier molecular flexibility index (Phi) is 4.37. The average Bonchev–Trinajstić information content (AvgIpc) is 3.02. The second kappa shape index (κ2) is 6.62. The number of aromatic nitrogens is 1. The van der Waals surface area contributed by atoms with E-state index in [1.54, 1.807) is 6.07 Å². The Balaban J connectivity index is 1.67. The zero-order valence-corrected chi connectivity index (χ0v) is 12.8. The van der Waals surface area contributed by atoms with Crippen molar-refractivity contribution >= 4 is 5.91 Å². The topological polar surface area (TPSA) is 55.1 Å². The molecule has 6 heteroatoms. The number of nitrogens with one attached hydrogen (secondary N) is 1. The molecule has 4 nitrogen and oxygen atoms in total. The summed E-state index contributed by atoms with van der Waals surface area (Å²) in [7, 11) is 0. The summed E-state index contributed by atoms with van der Waals surface area (Å²) in [5, 5.41) is 6.40. The molecule has 3 rings (SSSR count). The molecular formula is C18H14F2N2O2. The smallest absolute Gasteiger partial charge is 0.254 e. The molecule has 1 heterocycles. The summed E-state index contributed by atoms with van der Waals surface area (Å²) in [5.41, 5.74) is 2.28. The summed E-state index contributed by atoms with van der Waals surface area (Å²) in [6.07, 6.45) is 0. The molecular weight excluding hydrogens is 314 g/mol. The van der Waals surface area contributed by atoms with Gasteiger partial charge in [-0.25, -0.2) is 8.78 Å². The molecule has 122 valence electrons. The van der Waals surface area contributed by atoms with Gasteiger partial charge < -0.3 is 9.84 Å². The highest BCUT2D eigenvalue weighted by atomic mass is 19.1. The minimum Gasteiger partial charge on any atom is -0.356 e. The summed E-state index contributed by atoms with van der Waals surface area (Å²) in [4.78, 5) is 11.9. The monoisotopic (exact) mass is 328 g/mol. The number of aryl methyl sites for hydroxylation is 1. The number of benzene rings is 2. The van der Waals surface area contributed by atoms with Crippen LogP contribution in [0.2, 0.25) is 0 Å². The fraction of sp³-hybridized carbons (Fsp3) is 0.111. The zero-order chi connectivity index (χ0) is 17.1. The maximum atomic E-state index is 13.5. The maximum Gasteiger partial charge on any atom is 0.254 e. The van der Waals surface area contributed by atoms with E-state index in [4.69, 9.17) is 4.52 Å². The first kappa shape index (κ1) is 15.9. The van der Waals surface area contributed by atoms with E-state index >= 15 is 0 Å². The number of amides is 1. The third kappa shape index (κ3) is 3.48. The van der Waals surface area contributed by atoms with E-state index in [0.29, 0.717) is 17.5 Å². The molecule has 0 unspecified atom stereocenters. The molecule has 0 atom stereocenters. The van der Waals surface area contributed by atoms with Crippen molar-refractivity contribution in [2.45, 2.75) is 13.5 Å². The Bertz CT molecular complexity index is 873. The molecule has 0 saturated heterocycles. The first-order valence-electron chi connectivity index (χ1n) is 7.29. The van der Waals surface area contributed by atoms with Crippen molar-refractivity contribution in [3.63, 3.8) is 0 Å². The van der Waals surface area contributed by atoms with Crippen molar-refractivity contribution in [2.24, 2.45) is 0 Å². The molecule has 0 spiro atoms. The molecule has 1 N–H and O–H groups in total. The van der Waals surface area contributed by atoms with Gasteiger partial charge in [-0.1, -0.05) is 35.0 Å². The number of hydrogen-bond acceptors (Lipinski definition) is 3. The van der Waals surface area contributed by atoms with Gasteiger partial charge in [-0.2, -0.15) is 0 Å². The van der Waals surface area contributed by atoms with E-state index in [9.17, 15) is 13.6 Å². The molecule has 2 aromatic carbocycles. The predicted octanol–water partition coefficient (Wildman–Crippen LogP) is 3.86. The second-order valence-electron chi connectivity index (χ2n) is 5.36. The van der Waals surface area contributed by atoms with Gasteiger partial charge in [0.25, 0.3) is 5.91 Å².